The molecule has 0 radical (unpaired) electrons. The van der Waals surface area contributed by atoms with Crippen molar-refractivity contribution in [2.24, 2.45) is 5.10 Å². The maximum absolute atomic E-state index is 14.0. The number of carboxylic acid groups (broad SMARTS) is 1. The SMILES string of the molecule is O=C(O)c1ccc(Nc2nc(Cl)nc(Nc3cc(S(=O)(=O)[O-])cc4c3C(=O)C(=NNc3ccc5ccccc5c3S(=O)(=O)[O-])C(S(=O)(=O)[O-])=C4)n2)cc1.[Na+].[Na+].[Na+]. The number of hydrogen-bond donors (Lipinski definition) is 4. The molecule has 0 spiro atoms. The van der Waals surface area contributed by atoms with Gasteiger partial charge in [0.05, 0.1) is 37.2 Å². The molecule has 272 valence electrons. The van der Waals surface area contributed by atoms with Crippen LogP contribution in [-0.4, -0.2) is 76.4 Å². The van der Waals surface area contributed by atoms with E-state index < -0.39 is 96.2 Å². The first-order valence-corrected chi connectivity index (χ1v) is 18.9. The maximum Gasteiger partial charge on any atom is 1.00 e. The zero-order chi connectivity index (χ0) is 38.5. The predicted octanol–water partition coefficient (Wildman–Crippen LogP) is -5.77. The number of anilines is 5. The molecule has 5 aromatic rings. The van der Waals surface area contributed by atoms with Gasteiger partial charge in [0.2, 0.25) is 23.0 Å². The van der Waals surface area contributed by atoms with Crippen LogP contribution in [0.25, 0.3) is 16.8 Å². The van der Waals surface area contributed by atoms with Crippen LogP contribution in [0.4, 0.5) is 29.0 Å². The number of benzene rings is 4. The Hall–Kier alpha value is -2.88. The number of nitrogens with one attached hydrogen (secondary N) is 3. The number of aromatic nitrogens is 3. The maximum atomic E-state index is 14.0. The molecule has 56 heavy (non-hydrogen) atoms. The van der Waals surface area contributed by atoms with Crippen molar-refractivity contribution in [3.05, 3.63) is 99.7 Å². The second-order valence-corrected chi connectivity index (χ2v) is 15.1. The van der Waals surface area contributed by atoms with Crippen molar-refractivity contribution < 1.29 is 142 Å². The minimum absolute atomic E-state index is 0. The third-order valence-electron chi connectivity index (χ3n) is 7.32. The summed E-state index contributed by atoms with van der Waals surface area (Å²) in [7, 11) is -16.1. The zero-order valence-electron chi connectivity index (χ0n) is 28.8. The van der Waals surface area contributed by atoms with Gasteiger partial charge >= 0.3 is 94.6 Å². The summed E-state index contributed by atoms with van der Waals surface area (Å²) in [5.74, 6) is -3.24. The first-order valence-electron chi connectivity index (χ1n) is 14.3. The number of Topliss-reactive ketones (excluding diaryl/α,β-unsaturated/α-hetero) is 1. The van der Waals surface area contributed by atoms with Gasteiger partial charge in [-0.2, -0.15) is 20.1 Å². The van der Waals surface area contributed by atoms with Crippen molar-refractivity contribution in [2.75, 3.05) is 16.1 Å². The average Bonchev–Trinajstić information content (AvgIpc) is 3.06. The minimum atomic E-state index is -5.60. The van der Waals surface area contributed by atoms with Gasteiger partial charge in [-0.25, -0.2) is 30.0 Å². The molecule has 19 nitrogen and oxygen atoms in total. The molecule has 26 heteroatoms. The third-order valence-corrected chi connectivity index (χ3v) is 10.1. The normalized spacial score (nSPS) is 13.3. The summed E-state index contributed by atoms with van der Waals surface area (Å²) in [6.45, 7) is 0. The molecule has 1 aromatic heterocycles. The largest absolute Gasteiger partial charge is 1.00 e. The van der Waals surface area contributed by atoms with Crippen LogP contribution in [0.1, 0.15) is 26.3 Å². The van der Waals surface area contributed by atoms with Gasteiger partial charge in [-0.05, 0) is 71.1 Å². The summed E-state index contributed by atoms with van der Waals surface area (Å²) in [4.78, 5) is 33.9. The van der Waals surface area contributed by atoms with Gasteiger partial charge in [-0.3, -0.25) is 10.2 Å². The number of fused-ring (bicyclic) bond motifs is 2. The number of aromatic carboxylic acids is 1. The van der Waals surface area contributed by atoms with E-state index in [1.807, 2.05) is 0 Å². The Kier molecular flexibility index (Phi) is 15.6. The van der Waals surface area contributed by atoms with Crippen molar-refractivity contribution in [2.45, 2.75) is 9.79 Å². The fourth-order valence-electron chi connectivity index (χ4n) is 5.11. The van der Waals surface area contributed by atoms with E-state index in [1.54, 1.807) is 6.07 Å². The molecule has 0 aliphatic heterocycles. The summed E-state index contributed by atoms with van der Waals surface area (Å²) in [5.41, 5.74) is -0.789. The van der Waals surface area contributed by atoms with E-state index in [1.165, 1.54) is 48.5 Å². The molecule has 0 amide bonds. The molecule has 6 rings (SSSR count). The Balaban J connectivity index is 0.00000280. The van der Waals surface area contributed by atoms with Crippen molar-refractivity contribution in [1.82, 2.24) is 15.0 Å². The van der Waals surface area contributed by atoms with Gasteiger partial charge in [-0.1, -0.05) is 30.3 Å². The van der Waals surface area contributed by atoms with Crippen molar-refractivity contribution >= 4 is 105 Å². The fraction of sp³-hybridized carbons (Fsp3) is 0. The van der Waals surface area contributed by atoms with Crippen LogP contribution in [-0.2, 0) is 30.4 Å². The van der Waals surface area contributed by atoms with Crippen LogP contribution in [0.2, 0.25) is 5.28 Å². The summed E-state index contributed by atoms with van der Waals surface area (Å²) in [6.07, 6.45) is 0.569. The van der Waals surface area contributed by atoms with E-state index in [0.29, 0.717) is 29.3 Å². The Labute approximate surface area is 388 Å². The first kappa shape index (κ1) is 47.5. The summed E-state index contributed by atoms with van der Waals surface area (Å²) >= 11 is 6.06. The number of carboxylic acids is 1. The van der Waals surface area contributed by atoms with Crippen LogP contribution < -0.4 is 105 Å². The number of allylic oxidation sites excluding steroid dienone is 1. The van der Waals surface area contributed by atoms with Crippen molar-refractivity contribution in [1.29, 1.82) is 0 Å². The second kappa shape index (κ2) is 18.4. The third kappa shape index (κ3) is 10.6. The van der Waals surface area contributed by atoms with Gasteiger partial charge in [0, 0.05) is 11.1 Å². The van der Waals surface area contributed by atoms with E-state index in [0.717, 1.165) is 6.07 Å². The Bertz CT molecular complexity index is 2810. The van der Waals surface area contributed by atoms with Crippen LogP contribution in [0, 0.1) is 0 Å². The molecule has 1 aliphatic carbocycles. The first-order chi connectivity index (χ1) is 24.8. The minimum Gasteiger partial charge on any atom is -0.744 e. The van der Waals surface area contributed by atoms with E-state index >= 15 is 0 Å². The summed E-state index contributed by atoms with van der Waals surface area (Å²) in [5, 5.41) is 17.9. The molecule has 0 saturated carbocycles. The second-order valence-electron chi connectivity index (χ2n) is 10.8. The molecule has 0 unspecified atom stereocenters. The van der Waals surface area contributed by atoms with E-state index in [9.17, 15) is 48.5 Å². The van der Waals surface area contributed by atoms with Crippen LogP contribution in [0.15, 0.2) is 92.6 Å². The smallest absolute Gasteiger partial charge is 0.744 e. The van der Waals surface area contributed by atoms with Gasteiger partial charge in [-0.15, -0.1) is 0 Å². The molecular weight excluding hydrogens is 851 g/mol. The average molecular weight is 868 g/mol. The number of hydrazone groups is 1. The molecule has 1 aliphatic rings. The van der Waals surface area contributed by atoms with E-state index in [-0.39, 0.29) is 106 Å². The number of carbonyl (C=O) groups is 2. The number of ketones is 1. The van der Waals surface area contributed by atoms with E-state index in [2.05, 4.69) is 36.1 Å². The standard InChI is InChI=1S/C30H20ClN7O12S3.3Na/c31-28-34-29(32-17-8-5-15(6-9-17)27(40)41)36-30(35-28)33-21-13-18(51(42,43)44)11-16-12-22(52(45,46)47)24(25(39)23(16)21)38-37-20-10-7-14-3-1-2-4-19(14)26(20)53(48,49)50;;;/h1-13,37H,(H,40,41)(H,42,43,44)(H,45,46,47)(H,48,49,50)(H2,32,33,34,35,36);;;/q;3*+1/p-3. The fourth-order valence-corrected chi connectivity index (χ4v) is 7.29. The van der Waals surface area contributed by atoms with Gasteiger partial charge in [0.15, 0.2) is 0 Å². The Morgan fingerprint density at radius 1 is 0.750 bits per heavy atom. The molecule has 4 aromatic carbocycles. The number of rotatable bonds is 10. The molecule has 1 heterocycles. The van der Waals surface area contributed by atoms with Gasteiger partial charge < -0.3 is 29.4 Å². The molecule has 0 bridgehead atoms. The monoisotopic (exact) mass is 867 g/mol. The number of hydrogen-bond acceptors (Lipinski definition) is 18. The molecular formula is C30H17ClN7Na3O12S3. The number of nitrogens with zero attached hydrogens (tertiary/aromatic N) is 4. The Morgan fingerprint density at radius 3 is 1.96 bits per heavy atom. The van der Waals surface area contributed by atoms with Gasteiger partial charge in [0.25, 0.3) is 0 Å². The predicted molar refractivity (Wildman–Crippen MR) is 184 cm³/mol. The van der Waals surface area contributed by atoms with Crippen LogP contribution in [0.5, 0.6) is 0 Å². The molecule has 0 atom stereocenters. The number of halogens is 1. The van der Waals surface area contributed by atoms with Crippen LogP contribution in [0.3, 0.4) is 0 Å². The number of carbonyl (C=O) groups excluding carboxylic acids is 1. The molecule has 0 saturated heterocycles. The van der Waals surface area contributed by atoms with Crippen LogP contribution >= 0.6 is 11.6 Å². The van der Waals surface area contributed by atoms with Crippen molar-refractivity contribution in [3.8, 4) is 0 Å². The summed E-state index contributed by atoms with van der Waals surface area (Å²) in [6, 6.07) is 15.0. The molecule has 4 N–H and O–H groups in total. The zero-order valence-corrected chi connectivity index (χ0v) is 38.0. The van der Waals surface area contributed by atoms with Gasteiger partial charge in [0.1, 0.15) is 36.1 Å². The topological polar surface area (TPSA) is 313 Å². The summed E-state index contributed by atoms with van der Waals surface area (Å²) < 4.78 is 110. The Morgan fingerprint density at radius 2 is 1.38 bits per heavy atom. The van der Waals surface area contributed by atoms with E-state index in [4.69, 9.17) is 16.7 Å². The van der Waals surface area contributed by atoms with Crippen molar-refractivity contribution in [3.63, 3.8) is 0 Å². The molecule has 0 fully saturated rings. The quantitative estimate of drug-likeness (QED) is 0.0577.